The number of imidazole rings is 1. The van der Waals surface area contributed by atoms with E-state index in [1.165, 1.54) is 0 Å². The molecule has 0 spiro atoms. The van der Waals surface area contributed by atoms with Crippen LogP contribution < -0.4 is 0 Å². The van der Waals surface area contributed by atoms with Gasteiger partial charge in [0.2, 0.25) is 0 Å². The van der Waals surface area contributed by atoms with Crippen LogP contribution >= 0.6 is 11.6 Å². The summed E-state index contributed by atoms with van der Waals surface area (Å²) in [4.78, 5) is 8.99. The molecule has 2 heterocycles. The van der Waals surface area contributed by atoms with Crippen molar-refractivity contribution in [2.24, 2.45) is 5.92 Å². The van der Waals surface area contributed by atoms with Crippen molar-refractivity contribution in [2.75, 3.05) is 13.2 Å². The van der Waals surface area contributed by atoms with E-state index in [-0.39, 0.29) is 0 Å². The molecule has 5 heteroatoms. The Labute approximate surface area is 125 Å². The number of hydrogen-bond donors (Lipinski definition) is 0. The maximum absolute atomic E-state index is 5.97. The fraction of sp³-hybridized carbons (Fsp3) is 0.600. The zero-order valence-electron chi connectivity index (χ0n) is 12.4. The number of ether oxygens (including phenoxy) is 1. The standard InChI is InChI=1S/C15H22ClN3O/c1-11(2)4-6-20-7-5-19-14(9-16)18-13-8-12(3)10-17-15(13)19/h8,10-11H,4-7,9H2,1-3H3. The summed E-state index contributed by atoms with van der Waals surface area (Å²) in [5.74, 6) is 1.92. The van der Waals surface area contributed by atoms with Gasteiger partial charge >= 0.3 is 0 Å². The van der Waals surface area contributed by atoms with E-state index in [0.717, 1.165) is 42.1 Å². The normalized spacial score (nSPS) is 11.7. The SMILES string of the molecule is Cc1cnc2c(c1)nc(CCl)n2CCOCCC(C)C. The molecule has 110 valence electrons. The number of alkyl halides is 1. The van der Waals surface area contributed by atoms with E-state index in [1.54, 1.807) is 0 Å². The number of aryl methyl sites for hydroxylation is 1. The molecule has 20 heavy (non-hydrogen) atoms. The maximum atomic E-state index is 5.97. The highest BCUT2D eigenvalue weighted by Crippen LogP contribution is 2.16. The van der Waals surface area contributed by atoms with Crippen LogP contribution in [0.5, 0.6) is 0 Å². The molecule has 0 amide bonds. The molecule has 4 nitrogen and oxygen atoms in total. The van der Waals surface area contributed by atoms with E-state index < -0.39 is 0 Å². The zero-order chi connectivity index (χ0) is 14.5. The van der Waals surface area contributed by atoms with Crippen LogP contribution in [0.3, 0.4) is 0 Å². The summed E-state index contributed by atoms with van der Waals surface area (Å²) in [5.41, 5.74) is 2.90. The lowest BCUT2D eigenvalue weighted by atomic mass is 10.1. The molecule has 2 aromatic rings. The van der Waals surface area contributed by atoms with E-state index in [1.807, 2.05) is 19.2 Å². The largest absolute Gasteiger partial charge is 0.380 e. The quantitative estimate of drug-likeness (QED) is 0.579. The summed E-state index contributed by atoms with van der Waals surface area (Å²) in [6.45, 7) is 8.62. The van der Waals surface area contributed by atoms with Crippen molar-refractivity contribution < 1.29 is 4.74 Å². The predicted octanol–water partition coefficient (Wildman–Crippen LogP) is 3.54. The molecular weight excluding hydrogens is 274 g/mol. The third kappa shape index (κ3) is 3.70. The molecule has 0 bridgehead atoms. The Balaban J connectivity index is 2.04. The first-order valence-corrected chi connectivity index (χ1v) is 7.60. The minimum Gasteiger partial charge on any atom is -0.380 e. The molecule has 0 radical (unpaired) electrons. The van der Waals surface area contributed by atoms with Gasteiger partial charge in [-0.3, -0.25) is 0 Å². The number of rotatable bonds is 7. The molecule has 0 aliphatic rings. The second kappa shape index (κ2) is 7.04. The topological polar surface area (TPSA) is 39.9 Å². The smallest absolute Gasteiger partial charge is 0.160 e. The highest BCUT2D eigenvalue weighted by Gasteiger charge is 2.11. The van der Waals surface area contributed by atoms with Crippen LogP contribution in [0.15, 0.2) is 12.3 Å². The van der Waals surface area contributed by atoms with E-state index in [9.17, 15) is 0 Å². The van der Waals surface area contributed by atoms with E-state index in [0.29, 0.717) is 18.4 Å². The first-order chi connectivity index (χ1) is 9.61. The summed E-state index contributed by atoms with van der Waals surface area (Å²) in [5, 5.41) is 0. The Morgan fingerprint density at radius 3 is 2.85 bits per heavy atom. The van der Waals surface area contributed by atoms with Gasteiger partial charge in [-0.1, -0.05) is 13.8 Å². The van der Waals surface area contributed by atoms with Gasteiger partial charge in [-0.25, -0.2) is 9.97 Å². The maximum Gasteiger partial charge on any atom is 0.160 e. The van der Waals surface area contributed by atoms with Crippen molar-refractivity contribution in [1.29, 1.82) is 0 Å². The van der Waals surface area contributed by atoms with Crippen molar-refractivity contribution in [1.82, 2.24) is 14.5 Å². The number of pyridine rings is 1. The fourth-order valence-corrected chi connectivity index (χ4v) is 2.28. The Morgan fingerprint density at radius 1 is 1.35 bits per heavy atom. The lowest BCUT2D eigenvalue weighted by molar-refractivity contribution is 0.116. The summed E-state index contributed by atoms with van der Waals surface area (Å²) < 4.78 is 7.72. The van der Waals surface area contributed by atoms with E-state index in [4.69, 9.17) is 16.3 Å². The second-order valence-corrected chi connectivity index (χ2v) is 5.73. The minimum absolute atomic E-state index is 0.390. The highest BCUT2D eigenvalue weighted by atomic mass is 35.5. The van der Waals surface area contributed by atoms with Crippen molar-refractivity contribution in [2.45, 2.75) is 39.6 Å². The molecule has 0 N–H and O–H groups in total. The van der Waals surface area contributed by atoms with Crippen LogP contribution in [0, 0.1) is 12.8 Å². The summed E-state index contributed by atoms with van der Waals surface area (Å²) in [7, 11) is 0. The van der Waals surface area contributed by atoms with Crippen molar-refractivity contribution in [3.63, 3.8) is 0 Å². The van der Waals surface area contributed by atoms with Crippen LogP contribution in [0.25, 0.3) is 11.2 Å². The first-order valence-electron chi connectivity index (χ1n) is 7.07. The van der Waals surface area contributed by atoms with Gasteiger partial charge in [0.15, 0.2) is 5.65 Å². The molecule has 0 saturated carbocycles. The summed E-state index contributed by atoms with van der Waals surface area (Å²) in [6.07, 6.45) is 2.95. The lowest BCUT2D eigenvalue weighted by Crippen LogP contribution is -2.10. The van der Waals surface area contributed by atoms with Gasteiger partial charge in [0.05, 0.1) is 12.5 Å². The average Bonchev–Trinajstić information content (AvgIpc) is 2.75. The molecule has 2 rings (SSSR count). The molecule has 0 saturated heterocycles. The van der Waals surface area contributed by atoms with E-state index >= 15 is 0 Å². The Kier molecular flexibility index (Phi) is 5.38. The third-order valence-corrected chi connectivity index (χ3v) is 3.46. The summed E-state index contributed by atoms with van der Waals surface area (Å²) in [6, 6.07) is 2.04. The number of nitrogens with zero attached hydrogens (tertiary/aromatic N) is 3. The number of aromatic nitrogens is 3. The molecule has 0 unspecified atom stereocenters. The van der Waals surface area contributed by atoms with Gasteiger partial charge in [-0.15, -0.1) is 11.6 Å². The highest BCUT2D eigenvalue weighted by molar-refractivity contribution is 6.16. The predicted molar refractivity (Wildman–Crippen MR) is 82.1 cm³/mol. The Morgan fingerprint density at radius 2 is 2.15 bits per heavy atom. The van der Waals surface area contributed by atoms with Crippen LogP contribution in [0.4, 0.5) is 0 Å². The van der Waals surface area contributed by atoms with Crippen molar-refractivity contribution in [3.8, 4) is 0 Å². The van der Waals surface area contributed by atoms with Gasteiger partial charge in [0, 0.05) is 19.3 Å². The lowest BCUT2D eigenvalue weighted by Gasteiger charge is -2.09. The minimum atomic E-state index is 0.390. The number of hydrogen-bond acceptors (Lipinski definition) is 3. The molecular formula is C15H22ClN3O. The van der Waals surface area contributed by atoms with Crippen LogP contribution in [-0.4, -0.2) is 27.7 Å². The zero-order valence-corrected chi connectivity index (χ0v) is 13.2. The molecule has 0 aliphatic carbocycles. The van der Waals surface area contributed by atoms with Crippen molar-refractivity contribution >= 4 is 22.8 Å². The van der Waals surface area contributed by atoms with Gasteiger partial charge in [-0.05, 0) is 30.9 Å². The molecule has 0 aliphatic heterocycles. The molecule has 0 fully saturated rings. The number of fused-ring (bicyclic) bond motifs is 1. The van der Waals surface area contributed by atoms with Crippen LogP contribution in [-0.2, 0) is 17.2 Å². The monoisotopic (exact) mass is 295 g/mol. The van der Waals surface area contributed by atoms with Gasteiger partial charge in [0.25, 0.3) is 0 Å². The Bertz CT molecular complexity index is 565. The van der Waals surface area contributed by atoms with E-state index in [2.05, 4.69) is 28.4 Å². The van der Waals surface area contributed by atoms with Gasteiger partial charge in [0.1, 0.15) is 11.3 Å². The van der Waals surface area contributed by atoms with Crippen LogP contribution in [0.1, 0.15) is 31.7 Å². The van der Waals surface area contributed by atoms with Gasteiger partial charge in [-0.2, -0.15) is 0 Å². The van der Waals surface area contributed by atoms with Crippen molar-refractivity contribution in [3.05, 3.63) is 23.7 Å². The second-order valence-electron chi connectivity index (χ2n) is 5.46. The first kappa shape index (κ1) is 15.3. The molecule has 2 aromatic heterocycles. The fourth-order valence-electron chi connectivity index (χ4n) is 2.07. The van der Waals surface area contributed by atoms with Crippen LogP contribution in [0.2, 0.25) is 0 Å². The Hall–Kier alpha value is -1.13. The average molecular weight is 296 g/mol. The molecule has 0 aromatic carbocycles. The van der Waals surface area contributed by atoms with Gasteiger partial charge < -0.3 is 9.30 Å². The third-order valence-electron chi connectivity index (χ3n) is 3.22. The molecule has 0 atom stereocenters. The summed E-state index contributed by atoms with van der Waals surface area (Å²) >= 11 is 5.97. The number of halogens is 1.